The number of carbonyl (C=O) groups is 1. The molecule has 1 aliphatic heterocycles. The maximum absolute atomic E-state index is 11.3. The Bertz CT molecular complexity index is 215. The molecule has 1 fully saturated rings. The first-order chi connectivity index (χ1) is 7.06. The van der Waals surface area contributed by atoms with Crippen molar-refractivity contribution in [1.82, 2.24) is 0 Å². The van der Waals surface area contributed by atoms with Crippen molar-refractivity contribution in [1.29, 1.82) is 0 Å². The SMILES string of the molecule is COC(=O)C(C)(N)CSC1CCOCC1. The van der Waals surface area contributed by atoms with Crippen LogP contribution in [0.15, 0.2) is 0 Å². The Kier molecular flexibility index (Phi) is 4.89. The normalized spacial score (nSPS) is 22.1. The molecule has 0 aromatic rings. The van der Waals surface area contributed by atoms with Gasteiger partial charge in [0.15, 0.2) is 0 Å². The van der Waals surface area contributed by atoms with Gasteiger partial charge in [-0.25, -0.2) is 0 Å². The van der Waals surface area contributed by atoms with E-state index in [1.807, 2.05) is 0 Å². The lowest BCUT2D eigenvalue weighted by Crippen LogP contribution is -2.48. The van der Waals surface area contributed by atoms with Crippen LogP contribution in [0.3, 0.4) is 0 Å². The molecule has 0 amide bonds. The van der Waals surface area contributed by atoms with Crippen molar-refractivity contribution in [3.05, 3.63) is 0 Å². The zero-order chi connectivity index (χ0) is 11.3. The Morgan fingerprint density at radius 1 is 1.60 bits per heavy atom. The van der Waals surface area contributed by atoms with Crippen molar-refractivity contribution < 1.29 is 14.3 Å². The maximum atomic E-state index is 11.3. The molecule has 0 aromatic carbocycles. The van der Waals surface area contributed by atoms with Crippen molar-refractivity contribution in [2.24, 2.45) is 5.73 Å². The molecule has 5 heteroatoms. The second kappa shape index (κ2) is 5.72. The third-order valence-corrected chi connectivity index (χ3v) is 4.15. The van der Waals surface area contributed by atoms with Gasteiger partial charge in [0.1, 0.15) is 5.54 Å². The third kappa shape index (κ3) is 4.01. The largest absolute Gasteiger partial charge is 0.468 e. The molecule has 0 aliphatic carbocycles. The van der Waals surface area contributed by atoms with Crippen LogP contribution < -0.4 is 5.73 Å². The molecule has 15 heavy (non-hydrogen) atoms. The van der Waals surface area contributed by atoms with Crippen molar-refractivity contribution >= 4 is 17.7 Å². The molecule has 0 radical (unpaired) electrons. The van der Waals surface area contributed by atoms with Crippen LogP contribution in [0.1, 0.15) is 19.8 Å². The molecule has 2 N–H and O–H groups in total. The van der Waals surface area contributed by atoms with Gasteiger partial charge < -0.3 is 15.2 Å². The minimum atomic E-state index is -0.877. The Balaban J connectivity index is 2.31. The van der Waals surface area contributed by atoms with Gasteiger partial charge in [-0.2, -0.15) is 11.8 Å². The maximum Gasteiger partial charge on any atom is 0.326 e. The number of hydrogen-bond donors (Lipinski definition) is 1. The van der Waals surface area contributed by atoms with Gasteiger partial charge in [0.25, 0.3) is 0 Å². The van der Waals surface area contributed by atoms with E-state index in [2.05, 4.69) is 4.74 Å². The molecule has 0 aromatic heterocycles. The van der Waals surface area contributed by atoms with Crippen LogP contribution in [0.2, 0.25) is 0 Å². The summed E-state index contributed by atoms with van der Waals surface area (Å²) in [5.41, 5.74) is 4.98. The summed E-state index contributed by atoms with van der Waals surface area (Å²) in [5.74, 6) is 0.256. The fraction of sp³-hybridized carbons (Fsp3) is 0.900. The second-order valence-corrected chi connectivity index (χ2v) is 5.32. The van der Waals surface area contributed by atoms with Crippen LogP contribution in [0.25, 0.3) is 0 Å². The van der Waals surface area contributed by atoms with E-state index in [0.717, 1.165) is 26.1 Å². The van der Waals surface area contributed by atoms with Crippen LogP contribution in [0.4, 0.5) is 0 Å². The second-order valence-electron chi connectivity index (χ2n) is 4.03. The highest BCUT2D eigenvalue weighted by atomic mass is 32.2. The summed E-state index contributed by atoms with van der Waals surface area (Å²) in [6.45, 7) is 3.35. The van der Waals surface area contributed by atoms with Crippen molar-refractivity contribution in [3.63, 3.8) is 0 Å². The lowest BCUT2D eigenvalue weighted by molar-refractivity contribution is -0.145. The molecule has 0 saturated carbocycles. The quantitative estimate of drug-likeness (QED) is 0.727. The van der Waals surface area contributed by atoms with Crippen molar-refractivity contribution in [2.45, 2.75) is 30.6 Å². The Morgan fingerprint density at radius 2 is 2.20 bits per heavy atom. The molecule has 88 valence electrons. The van der Waals surface area contributed by atoms with Gasteiger partial charge in [-0.3, -0.25) is 4.79 Å². The smallest absolute Gasteiger partial charge is 0.326 e. The monoisotopic (exact) mass is 233 g/mol. The predicted molar refractivity (Wildman–Crippen MR) is 60.9 cm³/mol. The zero-order valence-corrected chi connectivity index (χ0v) is 10.1. The van der Waals surface area contributed by atoms with Gasteiger partial charge in [0.2, 0.25) is 0 Å². The molecule has 4 nitrogen and oxygen atoms in total. The number of rotatable bonds is 4. The van der Waals surface area contributed by atoms with Gasteiger partial charge >= 0.3 is 5.97 Å². The summed E-state index contributed by atoms with van der Waals surface area (Å²) in [6.07, 6.45) is 2.09. The van der Waals surface area contributed by atoms with E-state index >= 15 is 0 Å². The van der Waals surface area contributed by atoms with Crippen LogP contribution in [-0.4, -0.2) is 42.8 Å². The molecule has 1 aliphatic rings. The number of ether oxygens (including phenoxy) is 2. The first kappa shape index (κ1) is 12.8. The average Bonchev–Trinajstić information content (AvgIpc) is 2.27. The van der Waals surface area contributed by atoms with E-state index in [9.17, 15) is 4.79 Å². The molecular formula is C10H19NO3S. The number of thioether (sulfide) groups is 1. The van der Waals surface area contributed by atoms with Gasteiger partial charge in [0.05, 0.1) is 7.11 Å². The summed E-state index contributed by atoms with van der Waals surface area (Å²) >= 11 is 1.74. The van der Waals surface area contributed by atoms with Crippen LogP contribution >= 0.6 is 11.8 Å². The summed E-state index contributed by atoms with van der Waals surface area (Å²) in [4.78, 5) is 11.3. The Labute approximate surface area is 94.9 Å². The number of methoxy groups -OCH3 is 1. The van der Waals surface area contributed by atoms with Crippen LogP contribution in [0, 0.1) is 0 Å². The highest BCUT2D eigenvalue weighted by molar-refractivity contribution is 8.00. The Morgan fingerprint density at radius 3 is 2.73 bits per heavy atom. The number of hydrogen-bond acceptors (Lipinski definition) is 5. The van der Waals surface area contributed by atoms with E-state index < -0.39 is 5.54 Å². The first-order valence-electron chi connectivity index (χ1n) is 5.13. The summed E-state index contributed by atoms with van der Waals surface area (Å²) < 4.78 is 9.92. The van der Waals surface area contributed by atoms with E-state index in [0.29, 0.717) is 11.0 Å². The lowest BCUT2D eigenvalue weighted by atomic mass is 10.1. The van der Waals surface area contributed by atoms with Crippen molar-refractivity contribution in [2.75, 3.05) is 26.1 Å². The molecule has 1 heterocycles. The Hall–Kier alpha value is -0.260. The van der Waals surface area contributed by atoms with E-state index in [1.54, 1.807) is 18.7 Å². The van der Waals surface area contributed by atoms with E-state index in [-0.39, 0.29) is 5.97 Å². The van der Waals surface area contributed by atoms with Crippen LogP contribution in [-0.2, 0) is 14.3 Å². The lowest BCUT2D eigenvalue weighted by Gasteiger charge is -2.26. The number of carbonyl (C=O) groups excluding carboxylic acids is 1. The molecule has 0 spiro atoms. The summed E-state index contributed by atoms with van der Waals surface area (Å²) in [6, 6.07) is 0. The predicted octanol–water partition coefficient (Wildman–Crippen LogP) is 0.789. The molecule has 1 saturated heterocycles. The molecule has 0 bridgehead atoms. The van der Waals surface area contributed by atoms with Gasteiger partial charge in [-0.1, -0.05) is 0 Å². The average molecular weight is 233 g/mol. The van der Waals surface area contributed by atoms with Gasteiger partial charge in [0, 0.05) is 24.2 Å². The topological polar surface area (TPSA) is 61.5 Å². The molecular weight excluding hydrogens is 214 g/mol. The van der Waals surface area contributed by atoms with Crippen molar-refractivity contribution in [3.8, 4) is 0 Å². The van der Waals surface area contributed by atoms with Gasteiger partial charge in [-0.05, 0) is 19.8 Å². The van der Waals surface area contributed by atoms with E-state index in [1.165, 1.54) is 7.11 Å². The van der Waals surface area contributed by atoms with Crippen LogP contribution in [0.5, 0.6) is 0 Å². The molecule has 1 unspecified atom stereocenters. The minimum absolute atomic E-state index is 0.345. The fourth-order valence-electron chi connectivity index (χ4n) is 1.43. The minimum Gasteiger partial charge on any atom is -0.468 e. The third-order valence-electron chi connectivity index (χ3n) is 2.44. The summed E-state index contributed by atoms with van der Waals surface area (Å²) in [7, 11) is 1.37. The zero-order valence-electron chi connectivity index (χ0n) is 9.32. The number of esters is 1. The molecule has 1 rings (SSSR count). The summed E-state index contributed by atoms with van der Waals surface area (Å²) in [5, 5.41) is 0.561. The highest BCUT2D eigenvalue weighted by Gasteiger charge is 2.30. The number of nitrogens with two attached hydrogens (primary N) is 1. The highest BCUT2D eigenvalue weighted by Crippen LogP contribution is 2.25. The standard InChI is InChI=1S/C10H19NO3S/c1-10(11,9(12)13-2)7-15-8-3-5-14-6-4-8/h8H,3-7,11H2,1-2H3. The fourth-order valence-corrected chi connectivity index (χ4v) is 2.65. The first-order valence-corrected chi connectivity index (χ1v) is 6.18. The van der Waals surface area contributed by atoms with E-state index in [4.69, 9.17) is 10.5 Å². The van der Waals surface area contributed by atoms with Gasteiger partial charge in [-0.15, -0.1) is 0 Å². The molecule has 1 atom stereocenters.